The molecule has 0 atom stereocenters. The lowest BCUT2D eigenvalue weighted by atomic mass is 10.3. The minimum atomic E-state index is -4.05. The van der Waals surface area contributed by atoms with Gasteiger partial charge in [-0.05, 0) is 36.4 Å². The van der Waals surface area contributed by atoms with Gasteiger partial charge in [0.1, 0.15) is 16.5 Å². The standard InChI is InChI=1S/C16H16FNO5S2/c1-23-12-6-8-13(9-7-12)24(19,20)14-10-18(11-14)25(21,22)16-5-3-2-4-15(16)17/h2-9,14H,10-11H2,1H3. The van der Waals surface area contributed by atoms with Crippen LogP contribution in [0.15, 0.2) is 58.3 Å². The Morgan fingerprint density at radius 2 is 1.60 bits per heavy atom. The molecule has 0 radical (unpaired) electrons. The molecule has 0 saturated carbocycles. The van der Waals surface area contributed by atoms with E-state index >= 15 is 0 Å². The van der Waals surface area contributed by atoms with E-state index in [2.05, 4.69) is 0 Å². The van der Waals surface area contributed by atoms with Crippen LogP contribution in [0.1, 0.15) is 0 Å². The molecular formula is C16H16FNO5S2. The van der Waals surface area contributed by atoms with Gasteiger partial charge in [-0.2, -0.15) is 4.31 Å². The van der Waals surface area contributed by atoms with Gasteiger partial charge in [-0.15, -0.1) is 0 Å². The minimum Gasteiger partial charge on any atom is -0.497 e. The van der Waals surface area contributed by atoms with Gasteiger partial charge in [0.05, 0.1) is 17.3 Å². The number of sulfonamides is 1. The summed E-state index contributed by atoms with van der Waals surface area (Å²) in [6.45, 7) is -0.407. The second-order valence-electron chi connectivity index (χ2n) is 5.59. The van der Waals surface area contributed by atoms with Crippen LogP contribution in [0.2, 0.25) is 0 Å². The first-order valence-electron chi connectivity index (χ1n) is 7.39. The minimum absolute atomic E-state index is 0.0984. The van der Waals surface area contributed by atoms with Crippen LogP contribution in [0, 0.1) is 5.82 Å². The first-order chi connectivity index (χ1) is 11.8. The SMILES string of the molecule is COc1ccc(S(=O)(=O)C2CN(S(=O)(=O)c3ccccc3F)C2)cc1. The highest BCUT2D eigenvalue weighted by Crippen LogP contribution is 2.30. The lowest BCUT2D eigenvalue weighted by molar-refractivity contribution is 0.308. The lowest BCUT2D eigenvalue weighted by Gasteiger charge is -2.37. The van der Waals surface area contributed by atoms with Gasteiger partial charge in [0.2, 0.25) is 10.0 Å². The number of sulfone groups is 1. The van der Waals surface area contributed by atoms with E-state index < -0.39 is 35.8 Å². The van der Waals surface area contributed by atoms with Crippen molar-refractivity contribution in [3.8, 4) is 5.75 Å². The third-order valence-electron chi connectivity index (χ3n) is 4.10. The summed E-state index contributed by atoms with van der Waals surface area (Å²) in [5.74, 6) is -0.333. The van der Waals surface area contributed by atoms with Crippen molar-refractivity contribution in [2.75, 3.05) is 20.2 Å². The van der Waals surface area contributed by atoms with Gasteiger partial charge in [0.25, 0.3) is 0 Å². The molecule has 1 fully saturated rings. The third-order valence-corrected chi connectivity index (χ3v) is 8.07. The molecule has 0 bridgehead atoms. The van der Waals surface area contributed by atoms with Gasteiger partial charge in [-0.3, -0.25) is 0 Å². The zero-order valence-corrected chi connectivity index (χ0v) is 14.9. The predicted molar refractivity (Wildman–Crippen MR) is 89.1 cm³/mol. The fourth-order valence-corrected chi connectivity index (χ4v) is 5.98. The summed E-state index contributed by atoms with van der Waals surface area (Å²) in [5, 5.41) is -0.859. The molecule has 2 aromatic rings. The van der Waals surface area contributed by atoms with Crippen molar-refractivity contribution in [1.82, 2.24) is 4.31 Å². The van der Waals surface area contributed by atoms with E-state index in [4.69, 9.17) is 4.74 Å². The van der Waals surface area contributed by atoms with Crippen molar-refractivity contribution in [2.45, 2.75) is 15.0 Å². The van der Waals surface area contributed by atoms with Gasteiger partial charge in [-0.1, -0.05) is 12.1 Å². The van der Waals surface area contributed by atoms with E-state index in [0.29, 0.717) is 5.75 Å². The molecule has 0 amide bonds. The molecule has 0 unspecified atom stereocenters. The number of hydrogen-bond acceptors (Lipinski definition) is 5. The monoisotopic (exact) mass is 385 g/mol. The Balaban J connectivity index is 1.78. The number of benzene rings is 2. The highest BCUT2D eigenvalue weighted by atomic mass is 32.2. The van der Waals surface area contributed by atoms with Gasteiger partial charge in [0.15, 0.2) is 9.84 Å². The summed E-state index contributed by atoms with van der Waals surface area (Å²) in [6.07, 6.45) is 0. The number of methoxy groups -OCH3 is 1. The fourth-order valence-electron chi connectivity index (χ4n) is 2.54. The van der Waals surface area contributed by atoms with E-state index in [1.165, 1.54) is 43.5 Å². The molecule has 6 nitrogen and oxygen atoms in total. The Bertz CT molecular complexity index is 981. The molecule has 1 saturated heterocycles. The maximum absolute atomic E-state index is 13.7. The predicted octanol–water partition coefficient (Wildman–Crippen LogP) is 1.68. The molecule has 1 aliphatic heterocycles. The summed E-state index contributed by atoms with van der Waals surface area (Å²) in [6, 6.07) is 10.9. The van der Waals surface area contributed by atoms with Gasteiger partial charge in [0, 0.05) is 13.1 Å². The topological polar surface area (TPSA) is 80.8 Å². The first-order valence-corrected chi connectivity index (χ1v) is 10.4. The molecule has 134 valence electrons. The second-order valence-corrected chi connectivity index (χ2v) is 9.73. The molecule has 1 heterocycles. The Labute approximate surface area is 145 Å². The van der Waals surface area contributed by atoms with Gasteiger partial charge < -0.3 is 4.74 Å². The highest BCUT2D eigenvalue weighted by Gasteiger charge is 2.44. The van der Waals surface area contributed by atoms with E-state index in [1.807, 2.05) is 0 Å². The molecule has 0 spiro atoms. The van der Waals surface area contributed by atoms with Crippen LogP contribution in [-0.4, -0.2) is 46.6 Å². The molecule has 3 rings (SSSR count). The average Bonchev–Trinajstić information content (AvgIpc) is 2.53. The van der Waals surface area contributed by atoms with Crippen LogP contribution < -0.4 is 4.74 Å². The Morgan fingerprint density at radius 3 is 2.16 bits per heavy atom. The summed E-state index contributed by atoms with van der Waals surface area (Å²) < 4.78 is 69.6. The summed E-state index contributed by atoms with van der Waals surface area (Å²) >= 11 is 0. The van der Waals surface area contributed by atoms with Crippen molar-refractivity contribution in [3.63, 3.8) is 0 Å². The van der Waals surface area contributed by atoms with Crippen LogP contribution in [0.4, 0.5) is 4.39 Å². The van der Waals surface area contributed by atoms with Crippen LogP contribution in [0.25, 0.3) is 0 Å². The first kappa shape index (κ1) is 17.8. The smallest absolute Gasteiger partial charge is 0.246 e. The van der Waals surface area contributed by atoms with Crippen molar-refractivity contribution in [2.24, 2.45) is 0 Å². The molecule has 2 aromatic carbocycles. The number of hydrogen-bond donors (Lipinski definition) is 0. The molecule has 0 aromatic heterocycles. The van der Waals surface area contributed by atoms with Crippen LogP contribution in [0.3, 0.4) is 0 Å². The number of ether oxygens (including phenoxy) is 1. The van der Waals surface area contributed by atoms with Crippen LogP contribution in [0.5, 0.6) is 5.75 Å². The third kappa shape index (κ3) is 3.14. The van der Waals surface area contributed by atoms with Crippen molar-refractivity contribution in [3.05, 3.63) is 54.3 Å². The Hall–Kier alpha value is -1.97. The van der Waals surface area contributed by atoms with Crippen molar-refractivity contribution in [1.29, 1.82) is 0 Å². The van der Waals surface area contributed by atoms with E-state index in [1.54, 1.807) is 0 Å². The Kier molecular flexibility index (Phi) is 4.56. The summed E-state index contributed by atoms with van der Waals surface area (Å²) in [4.78, 5) is -0.350. The maximum Gasteiger partial charge on any atom is 0.246 e. The number of halogens is 1. The maximum atomic E-state index is 13.7. The van der Waals surface area contributed by atoms with E-state index in [-0.39, 0.29) is 18.0 Å². The Morgan fingerprint density at radius 1 is 1.00 bits per heavy atom. The molecular weight excluding hydrogens is 369 g/mol. The molecule has 0 N–H and O–H groups in total. The number of nitrogens with zero attached hydrogens (tertiary/aromatic N) is 1. The molecule has 9 heteroatoms. The zero-order chi connectivity index (χ0) is 18.2. The molecule has 1 aliphatic rings. The van der Waals surface area contributed by atoms with Crippen molar-refractivity contribution < 1.29 is 26.0 Å². The number of rotatable bonds is 5. The summed E-state index contributed by atoms with van der Waals surface area (Å²) in [7, 11) is -6.24. The highest BCUT2D eigenvalue weighted by molar-refractivity contribution is 7.92. The summed E-state index contributed by atoms with van der Waals surface area (Å²) in [5.41, 5.74) is 0. The van der Waals surface area contributed by atoms with Crippen molar-refractivity contribution >= 4 is 19.9 Å². The van der Waals surface area contributed by atoms with E-state index in [0.717, 1.165) is 16.4 Å². The molecule has 25 heavy (non-hydrogen) atoms. The van der Waals surface area contributed by atoms with Gasteiger partial charge in [-0.25, -0.2) is 21.2 Å². The second kappa shape index (κ2) is 6.40. The normalized spacial score (nSPS) is 16.4. The van der Waals surface area contributed by atoms with Crippen LogP contribution >= 0.6 is 0 Å². The lowest BCUT2D eigenvalue weighted by Crippen LogP contribution is -2.56. The largest absolute Gasteiger partial charge is 0.497 e. The molecule has 0 aliphatic carbocycles. The van der Waals surface area contributed by atoms with Gasteiger partial charge >= 0.3 is 0 Å². The van der Waals surface area contributed by atoms with Crippen LogP contribution in [-0.2, 0) is 19.9 Å². The quantitative estimate of drug-likeness (QED) is 0.782. The fraction of sp³-hybridized carbons (Fsp3) is 0.250. The zero-order valence-electron chi connectivity index (χ0n) is 13.3. The average molecular weight is 385 g/mol. The van der Waals surface area contributed by atoms with E-state index in [9.17, 15) is 21.2 Å².